The summed E-state index contributed by atoms with van der Waals surface area (Å²) in [6.07, 6.45) is 1.70. The van der Waals surface area contributed by atoms with E-state index in [-0.39, 0.29) is 16.7 Å². The number of ether oxygens (including phenoxy) is 1. The molecule has 1 fully saturated rings. The summed E-state index contributed by atoms with van der Waals surface area (Å²) in [6.45, 7) is 6.32. The molecule has 6 nitrogen and oxygen atoms in total. The first-order valence-electron chi connectivity index (χ1n) is 7.23. The third kappa shape index (κ3) is 4.57. The van der Waals surface area contributed by atoms with Crippen LogP contribution in [0.1, 0.15) is 26.0 Å². The Kier molecular flexibility index (Phi) is 5.81. The third-order valence-corrected chi connectivity index (χ3v) is 4.21. The minimum absolute atomic E-state index is 0.0619. The molecule has 1 aromatic heterocycles. The number of hydrogen-bond acceptors (Lipinski definition) is 5. The van der Waals surface area contributed by atoms with Crippen molar-refractivity contribution >= 4 is 17.7 Å². The van der Waals surface area contributed by atoms with E-state index in [0.29, 0.717) is 31.5 Å². The molecule has 0 aliphatic carbocycles. The Labute approximate surface area is 128 Å². The van der Waals surface area contributed by atoms with Gasteiger partial charge < -0.3 is 14.6 Å². The maximum absolute atomic E-state index is 12.3. The van der Waals surface area contributed by atoms with Crippen LogP contribution in [0.5, 0.6) is 0 Å². The molecule has 1 aliphatic rings. The zero-order chi connectivity index (χ0) is 15.2. The van der Waals surface area contributed by atoms with Crippen LogP contribution in [0.25, 0.3) is 0 Å². The van der Waals surface area contributed by atoms with Gasteiger partial charge in [0.05, 0.1) is 18.5 Å². The number of morpholine rings is 1. The van der Waals surface area contributed by atoms with E-state index < -0.39 is 0 Å². The second-order valence-corrected chi connectivity index (χ2v) is 6.32. The van der Waals surface area contributed by atoms with Crippen molar-refractivity contribution in [2.45, 2.75) is 37.1 Å². The zero-order valence-corrected chi connectivity index (χ0v) is 13.2. The molecule has 21 heavy (non-hydrogen) atoms. The highest BCUT2D eigenvalue weighted by Gasteiger charge is 2.23. The number of hydrogen-bond donors (Lipinski definition) is 1. The normalized spacial score (nSPS) is 16.8. The summed E-state index contributed by atoms with van der Waals surface area (Å²) in [4.78, 5) is 32.8. The van der Waals surface area contributed by atoms with E-state index in [9.17, 15) is 9.59 Å². The molecule has 1 aliphatic heterocycles. The van der Waals surface area contributed by atoms with Gasteiger partial charge in [-0.3, -0.25) is 9.59 Å². The largest absolute Gasteiger partial charge is 0.378 e. The van der Waals surface area contributed by atoms with Gasteiger partial charge in [-0.25, -0.2) is 4.98 Å². The van der Waals surface area contributed by atoms with E-state index in [0.717, 1.165) is 18.5 Å². The number of aromatic amines is 1. The van der Waals surface area contributed by atoms with Gasteiger partial charge in [0.2, 0.25) is 5.91 Å². The van der Waals surface area contributed by atoms with Crippen molar-refractivity contribution < 1.29 is 9.53 Å². The van der Waals surface area contributed by atoms with Gasteiger partial charge >= 0.3 is 0 Å². The lowest BCUT2D eigenvalue weighted by atomic mass is 10.2. The standard InChI is InChI=1S/C14H21N3O3S/c1-3-4-11-9-12(18)16-14(15-11)21-10(2)13(19)17-5-7-20-8-6-17/h9-10H,3-8H2,1-2H3,(H,15,16,18)/t10-/m1/s1. The first-order chi connectivity index (χ1) is 10.1. The Bertz CT molecular complexity index is 541. The van der Waals surface area contributed by atoms with Crippen LogP contribution in [0, 0.1) is 0 Å². The van der Waals surface area contributed by atoms with Crippen molar-refractivity contribution in [3.63, 3.8) is 0 Å². The fraction of sp³-hybridized carbons (Fsp3) is 0.643. The lowest BCUT2D eigenvalue weighted by Gasteiger charge is -2.28. The van der Waals surface area contributed by atoms with Crippen LogP contribution in [0.15, 0.2) is 16.0 Å². The molecule has 0 bridgehead atoms. The van der Waals surface area contributed by atoms with Gasteiger partial charge in [0.15, 0.2) is 5.16 Å². The van der Waals surface area contributed by atoms with Crippen LogP contribution in [0.3, 0.4) is 0 Å². The van der Waals surface area contributed by atoms with E-state index in [2.05, 4.69) is 9.97 Å². The summed E-state index contributed by atoms with van der Waals surface area (Å²) < 4.78 is 5.25. The Hall–Kier alpha value is -1.34. The number of H-pyrrole nitrogens is 1. The number of thioether (sulfide) groups is 1. The summed E-state index contributed by atoms with van der Waals surface area (Å²) >= 11 is 1.30. The Morgan fingerprint density at radius 1 is 1.52 bits per heavy atom. The fourth-order valence-corrected chi connectivity index (χ4v) is 3.10. The second-order valence-electron chi connectivity index (χ2n) is 4.99. The molecule has 1 saturated heterocycles. The van der Waals surface area contributed by atoms with Crippen molar-refractivity contribution in [2.75, 3.05) is 26.3 Å². The van der Waals surface area contributed by atoms with E-state index in [1.54, 1.807) is 4.90 Å². The monoisotopic (exact) mass is 311 g/mol. The number of aromatic nitrogens is 2. The molecule has 0 spiro atoms. The van der Waals surface area contributed by atoms with Crippen molar-refractivity contribution in [1.82, 2.24) is 14.9 Å². The van der Waals surface area contributed by atoms with Gasteiger partial charge in [-0.15, -0.1) is 0 Å². The predicted octanol–water partition coefficient (Wildman–Crippen LogP) is 1.06. The lowest BCUT2D eigenvalue weighted by molar-refractivity contribution is -0.134. The first kappa shape index (κ1) is 16.0. The lowest BCUT2D eigenvalue weighted by Crippen LogP contribution is -2.44. The van der Waals surface area contributed by atoms with Crippen LogP contribution in [-0.2, 0) is 16.0 Å². The minimum Gasteiger partial charge on any atom is -0.378 e. The molecule has 116 valence electrons. The summed E-state index contributed by atoms with van der Waals surface area (Å²) in [6, 6.07) is 1.52. The summed E-state index contributed by atoms with van der Waals surface area (Å²) in [5.74, 6) is 0.0619. The highest BCUT2D eigenvalue weighted by Crippen LogP contribution is 2.21. The number of carbonyl (C=O) groups is 1. The van der Waals surface area contributed by atoms with Crippen LogP contribution in [0.2, 0.25) is 0 Å². The van der Waals surface area contributed by atoms with Gasteiger partial charge in [0, 0.05) is 24.8 Å². The number of rotatable bonds is 5. The molecule has 0 unspecified atom stereocenters. The molecule has 1 atom stereocenters. The molecule has 7 heteroatoms. The van der Waals surface area contributed by atoms with Crippen LogP contribution in [0.4, 0.5) is 0 Å². The molecule has 0 radical (unpaired) electrons. The minimum atomic E-state index is -0.275. The summed E-state index contributed by atoms with van der Waals surface area (Å²) in [5.41, 5.74) is 0.608. The molecule has 0 aromatic carbocycles. The molecule has 1 aromatic rings. The number of nitrogens with zero attached hydrogens (tertiary/aromatic N) is 2. The van der Waals surface area contributed by atoms with E-state index in [1.807, 2.05) is 13.8 Å². The number of aryl methyl sites for hydroxylation is 1. The van der Waals surface area contributed by atoms with Crippen molar-refractivity contribution in [1.29, 1.82) is 0 Å². The molecular formula is C14H21N3O3S. The van der Waals surface area contributed by atoms with E-state index >= 15 is 0 Å². The molecule has 1 N–H and O–H groups in total. The van der Waals surface area contributed by atoms with E-state index in [4.69, 9.17) is 4.74 Å². The van der Waals surface area contributed by atoms with Crippen molar-refractivity contribution in [2.24, 2.45) is 0 Å². The SMILES string of the molecule is CCCc1cc(=O)[nH]c(S[C@H](C)C(=O)N2CCOCC2)n1. The molecule has 2 heterocycles. The van der Waals surface area contributed by atoms with Crippen LogP contribution >= 0.6 is 11.8 Å². The Morgan fingerprint density at radius 2 is 2.24 bits per heavy atom. The topological polar surface area (TPSA) is 75.3 Å². The molecular weight excluding hydrogens is 290 g/mol. The average Bonchev–Trinajstić information content (AvgIpc) is 2.47. The quantitative estimate of drug-likeness (QED) is 0.650. The van der Waals surface area contributed by atoms with Gasteiger partial charge in [-0.2, -0.15) is 0 Å². The molecule has 2 rings (SSSR count). The first-order valence-corrected chi connectivity index (χ1v) is 8.11. The number of amides is 1. The highest BCUT2D eigenvalue weighted by atomic mass is 32.2. The zero-order valence-electron chi connectivity index (χ0n) is 12.4. The number of carbonyl (C=O) groups excluding carboxylic acids is 1. The fourth-order valence-electron chi connectivity index (χ4n) is 2.18. The van der Waals surface area contributed by atoms with Crippen molar-refractivity contribution in [3.05, 3.63) is 22.1 Å². The highest BCUT2D eigenvalue weighted by molar-refractivity contribution is 8.00. The Balaban J connectivity index is 2.02. The summed E-state index contributed by atoms with van der Waals surface area (Å²) in [7, 11) is 0. The smallest absolute Gasteiger partial charge is 0.251 e. The molecule has 0 saturated carbocycles. The van der Waals surface area contributed by atoms with Gasteiger partial charge in [0.1, 0.15) is 0 Å². The molecule has 1 amide bonds. The van der Waals surface area contributed by atoms with Crippen molar-refractivity contribution in [3.8, 4) is 0 Å². The maximum Gasteiger partial charge on any atom is 0.251 e. The number of nitrogens with one attached hydrogen (secondary N) is 1. The van der Waals surface area contributed by atoms with E-state index in [1.165, 1.54) is 17.8 Å². The van der Waals surface area contributed by atoms with Gasteiger partial charge in [-0.1, -0.05) is 25.1 Å². The van der Waals surface area contributed by atoms with Gasteiger partial charge in [0.25, 0.3) is 5.56 Å². The third-order valence-electron chi connectivity index (χ3n) is 3.24. The Morgan fingerprint density at radius 3 is 2.90 bits per heavy atom. The van der Waals surface area contributed by atoms with Crippen LogP contribution < -0.4 is 5.56 Å². The second kappa shape index (κ2) is 7.61. The van der Waals surface area contributed by atoms with Gasteiger partial charge in [-0.05, 0) is 13.3 Å². The summed E-state index contributed by atoms with van der Waals surface area (Å²) in [5, 5.41) is 0.239. The maximum atomic E-state index is 12.3. The predicted molar refractivity (Wildman–Crippen MR) is 81.6 cm³/mol. The van der Waals surface area contributed by atoms with Crippen LogP contribution in [-0.4, -0.2) is 52.3 Å². The average molecular weight is 311 g/mol.